The highest BCUT2D eigenvalue weighted by molar-refractivity contribution is 5.95. The molecule has 0 spiro atoms. The van der Waals surface area contributed by atoms with E-state index in [0.29, 0.717) is 18.1 Å². The normalized spacial score (nSPS) is 25.2. The Bertz CT molecular complexity index is 784. The standard InChI is InChI=1S/C24H30N2O/c1-17-10-12-19(13-11-17)16-26-21-7-5-8-22(26)15-20(14-21)25-24(27)23-9-4-3-6-18(23)2/h3-4,6,9-13,20-22H,5,7-8,14-16H2,1-2H3,(H,25,27). The van der Waals surface area contributed by atoms with Gasteiger partial charge in [-0.25, -0.2) is 0 Å². The van der Waals surface area contributed by atoms with Gasteiger partial charge in [-0.2, -0.15) is 0 Å². The maximum atomic E-state index is 12.7. The van der Waals surface area contributed by atoms with E-state index in [9.17, 15) is 4.79 Å². The van der Waals surface area contributed by atoms with Gasteiger partial charge in [-0.15, -0.1) is 0 Å². The maximum absolute atomic E-state index is 12.7. The highest BCUT2D eigenvalue weighted by atomic mass is 16.1. The van der Waals surface area contributed by atoms with Crippen molar-refractivity contribution in [3.63, 3.8) is 0 Å². The molecule has 0 aliphatic carbocycles. The number of piperidine rings is 2. The molecule has 1 amide bonds. The molecule has 2 aromatic rings. The van der Waals surface area contributed by atoms with Crippen molar-refractivity contribution in [1.82, 2.24) is 10.2 Å². The summed E-state index contributed by atoms with van der Waals surface area (Å²) in [7, 11) is 0. The van der Waals surface area contributed by atoms with Gasteiger partial charge in [-0.05, 0) is 56.7 Å². The van der Waals surface area contributed by atoms with Gasteiger partial charge in [0.2, 0.25) is 0 Å². The first kappa shape index (κ1) is 18.2. The van der Waals surface area contributed by atoms with Crippen LogP contribution >= 0.6 is 0 Å². The summed E-state index contributed by atoms with van der Waals surface area (Å²) in [5.41, 5.74) is 4.58. The van der Waals surface area contributed by atoms with Crippen LogP contribution in [0.5, 0.6) is 0 Å². The van der Waals surface area contributed by atoms with Gasteiger partial charge in [0.1, 0.15) is 0 Å². The van der Waals surface area contributed by atoms with Crippen molar-refractivity contribution < 1.29 is 4.79 Å². The summed E-state index contributed by atoms with van der Waals surface area (Å²) in [5, 5.41) is 3.33. The van der Waals surface area contributed by atoms with E-state index in [0.717, 1.165) is 30.5 Å². The van der Waals surface area contributed by atoms with Gasteiger partial charge in [-0.3, -0.25) is 9.69 Å². The molecule has 0 radical (unpaired) electrons. The van der Waals surface area contributed by atoms with E-state index in [1.807, 2.05) is 31.2 Å². The zero-order valence-electron chi connectivity index (χ0n) is 16.4. The van der Waals surface area contributed by atoms with Crippen LogP contribution in [0.4, 0.5) is 0 Å². The van der Waals surface area contributed by atoms with E-state index in [1.165, 1.54) is 30.4 Å². The first-order chi connectivity index (χ1) is 13.1. The lowest BCUT2D eigenvalue weighted by molar-refractivity contribution is 0.0177. The molecule has 0 saturated carbocycles. The third-order valence-corrected chi connectivity index (χ3v) is 6.34. The largest absolute Gasteiger partial charge is 0.349 e. The van der Waals surface area contributed by atoms with E-state index in [2.05, 4.69) is 41.4 Å². The first-order valence-electron chi connectivity index (χ1n) is 10.3. The highest BCUT2D eigenvalue weighted by Crippen LogP contribution is 2.35. The fourth-order valence-corrected chi connectivity index (χ4v) is 4.85. The monoisotopic (exact) mass is 362 g/mol. The van der Waals surface area contributed by atoms with Gasteiger partial charge in [-0.1, -0.05) is 54.4 Å². The second-order valence-corrected chi connectivity index (χ2v) is 8.35. The number of benzene rings is 2. The van der Waals surface area contributed by atoms with Crippen LogP contribution in [0.1, 0.15) is 59.2 Å². The molecule has 27 heavy (non-hydrogen) atoms. The number of fused-ring (bicyclic) bond motifs is 2. The quantitative estimate of drug-likeness (QED) is 0.861. The fraction of sp³-hybridized carbons (Fsp3) is 0.458. The number of rotatable bonds is 4. The molecule has 2 atom stereocenters. The lowest BCUT2D eigenvalue weighted by Crippen LogP contribution is -2.56. The smallest absolute Gasteiger partial charge is 0.251 e. The van der Waals surface area contributed by atoms with Gasteiger partial charge >= 0.3 is 0 Å². The zero-order chi connectivity index (χ0) is 18.8. The summed E-state index contributed by atoms with van der Waals surface area (Å²) in [5.74, 6) is 0.0863. The molecule has 2 unspecified atom stereocenters. The van der Waals surface area contributed by atoms with Crippen molar-refractivity contribution in [2.45, 2.75) is 70.6 Å². The molecule has 3 heteroatoms. The third kappa shape index (κ3) is 4.08. The molecule has 2 aromatic carbocycles. The predicted octanol–water partition coefficient (Wildman–Crippen LogP) is 4.62. The zero-order valence-corrected chi connectivity index (χ0v) is 16.4. The minimum Gasteiger partial charge on any atom is -0.349 e. The van der Waals surface area contributed by atoms with Crippen LogP contribution < -0.4 is 5.32 Å². The first-order valence-corrected chi connectivity index (χ1v) is 10.3. The molecule has 2 aliphatic heterocycles. The second-order valence-electron chi connectivity index (χ2n) is 8.35. The van der Waals surface area contributed by atoms with Crippen molar-refractivity contribution in [3.8, 4) is 0 Å². The Morgan fingerprint density at radius 1 is 1.00 bits per heavy atom. The van der Waals surface area contributed by atoms with E-state index in [1.54, 1.807) is 0 Å². The maximum Gasteiger partial charge on any atom is 0.251 e. The molecule has 2 heterocycles. The summed E-state index contributed by atoms with van der Waals surface area (Å²) in [6.07, 6.45) is 5.95. The Hall–Kier alpha value is -2.13. The van der Waals surface area contributed by atoms with Gasteiger partial charge in [0.15, 0.2) is 0 Å². The van der Waals surface area contributed by atoms with E-state index in [4.69, 9.17) is 0 Å². The molecule has 2 saturated heterocycles. The molecule has 0 aromatic heterocycles. The number of carbonyl (C=O) groups excluding carboxylic acids is 1. The summed E-state index contributed by atoms with van der Waals surface area (Å²) in [4.78, 5) is 15.4. The summed E-state index contributed by atoms with van der Waals surface area (Å²) in [6, 6.07) is 18.3. The number of carbonyl (C=O) groups is 1. The number of nitrogens with one attached hydrogen (secondary N) is 1. The number of aryl methyl sites for hydroxylation is 2. The molecule has 3 nitrogen and oxygen atoms in total. The Kier molecular flexibility index (Phi) is 5.31. The molecule has 2 bridgehead atoms. The Balaban J connectivity index is 1.42. The van der Waals surface area contributed by atoms with Crippen LogP contribution in [0.15, 0.2) is 48.5 Å². The average Bonchev–Trinajstić information content (AvgIpc) is 2.64. The van der Waals surface area contributed by atoms with E-state index >= 15 is 0 Å². The average molecular weight is 363 g/mol. The van der Waals surface area contributed by atoms with Gasteiger partial charge in [0.05, 0.1) is 0 Å². The predicted molar refractivity (Wildman–Crippen MR) is 110 cm³/mol. The second kappa shape index (κ2) is 7.85. The van der Waals surface area contributed by atoms with Crippen LogP contribution in [0, 0.1) is 13.8 Å². The lowest BCUT2D eigenvalue weighted by atomic mass is 9.81. The van der Waals surface area contributed by atoms with E-state index in [-0.39, 0.29) is 5.91 Å². The van der Waals surface area contributed by atoms with Crippen molar-refractivity contribution in [2.24, 2.45) is 0 Å². The molecular weight excluding hydrogens is 332 g/mol. The van der Waals surface area contributed by atoms with Crippen LogP contribution in [-0.2, 0) is 6.54 Å². The van der Waals surface area contributed by atoms with Crippen LogP contribution in [0.3, 0.4) is 0 Å². The summed E-state index contributed by atoms with van der Waals surface area (Å²) >= 11 is 0. The number of hydrogen-bond acceptors (Lipinski definition) is 2. The van der Waals surface area contributed by atoms with Gasteiger partial charge in [0, 0.05) is 30.2 Å². The molecular formula is C24H30N2O. The highest BCUT2D eigenvalue weighted by Gasteiger charge is 2.38. The summed E-state index contributed by atoms with van der Waals surface area (Å²) < 4.78 is 0. The third-order valence-electron chi connectivity index (χ3n) is 6.34. The van der Waals surface area contributed by atoms with Crippen molar-refractivity contribution in [1.29, 1.82) is 0 Å². The SMILES string of the molecule is Cc1ccc(CN2C3CCCC2CC(NC(=O)c2ccccc2C)C3)cc1. The van der Waals surface area contributed by atoms with Gasteiger partial charge < -0.3 is 5.32 Å². The van der Waals surface area contributed by atoms with Crippen molar-refractivity contribution >= 4 is 5.91 Å². The molecule has 4 rings (SSSR count). The topological polar surface area (TPSA) is 32.3 Å². The van der Waals surface area contributed by atoms with E-state index < -0.39 is 0 Å². The lowest BCUT2D eigenvalue weighted by Gasteiger charge is -2.49. The minimum atomic E-state index is 0.0863. The number of hydrogen-bond donors (Lipinski definition) is 1. The Morgan fingerprint density at radius 2 is 1.67 bits per heavy atom. The molecule has 1 N–H and O–H groups in total. The Labute approximate surface area is 162 Å². The van der Waals surface area contributed by atoms with Crippen LogP contribution in [0.2, 0.25) is 0 Å². The molecule has 142 valence electrons. The number of amides is 1. The Morgan fingerprint density at radius 3 is 2.33 bits per heavy atom. The van der Waals surface area contributed by atoms with Crippen LogP contribution in [-0.4, -0.2) is 28.9 Å². The molecule has 2 aliphatic rings. The van der Waals surface area contributed by atoms with Crippen molar-refractivity contribution in [2.75, 3.05) is 0 Å². The molecule has 2 fully saturated rings. The number of nitrogens with zero attached hydrogens (tertiary/aromatic N) is 1. The van der Waals surface area contributed by atoms with Gasteiger partial charge in [0.25, 0.3) is 5.91 Å². The minimum absolute atomic E-state index is 0.0863. The fourth-order valence-electron chi connectivity index (χ4n) is 4.85. The van der Waals surface area contributed by atoms with Crippen LogP contribution in [0.25, 0.3) is 0 Å². The summed E-state index contributed by atoms with van der Waals surface area (Å²) in [6.45, 7) is 5.18. The van der Waals surface area contributed by atoms with Crippen molar-refractivity contribution in [3.05, 3.63) is 70.8 Å².